The van der Waals surface area contributed by atoms with Crippen molar-refractivity contribution in [2.75, 3.05) is 18.1 Å². The van der Waals surface area contributed by atoms with Gasteiger partial charge in [0, 0.05) is 12.2 Å². The molecule has 5 nitrogen and oxygen atoms in total. The molecular formula is C22H22N2O3. The van der Waals surface area contributed by atoms with Gasteiger partial charge in [-0.3, -0.25) is 4.79 Å². The lowest BCUT2D eigenvalue weighted by atomic mass is 10.1. The number of rotatable bonds is 5. The summed E-state index contributed by atoms with van der Waals surface area (Å²) >= 11 is 0. The third-order valence-electron chi connectivity index (χ3n) is 4.41. The van der Waals surface area contributed by atoms with Gasteiger partial charge >= 0.3 is 5.97 Å². The molecule has 5 heteroatoms. The summed E-state index contributed by atoms with van der Waals surface area (Å²) in [5.41, 5.74) is 1.97. The van der Waals surface area contributed by atoms with Crippen molar-refractivity contribution >= 4 is 28.3 Å². The Morgan fingerprint density at radius 2 is 1.74 bits per heavy atom. The molecule has 0 saturated carbocycles. The fourth-order valence-corrected chi connectivity index (χ4v) is 3.03. The van der Waals surface area contributed by atoms with Gasteiger partial charge in [-0.15, -0.1) is 0 Å². The average Bonchev–Trinajstić information content (AvgIpc) is 2.68. The zero-order chi connectivity index (χ0) is 19.4. The Labute approximate surface area is 158 Å². The second kappa shape index (κ2) is 7.99. The summed E-state index contributed by atoms with van der Waals surface area (Å²) in [5.74, 6) is -0.630. The number of carbonyl (C=O) groups excluding carboxylic acids is 2. The number of pyridine rings is 1. The third-order valence-corrected chi connectivity index (χ3v) is 4.41. The Hall–Kier alpha value is -3.21. The molecule has 1 amide bonds. The molecule has 0 spiro atoms. The molecule has 0 fully saturated rings. The summed E-state index contributed by atoms with van der Waals surface area (Å²) in [7, 11) is 0. The molecule has 27 heavy (non-hydrogen) atoms. The van der Waals surface area contributed by atoms with E-state index < -0.39 is 5.97 Å². The molecule has 0 bridgehead atoms. The van der Waals surface area contributed by atoms with Gasteiger partial charge in [-0.2, -0.15) is 0 Å². The van der Waals surface area contributed by atoms with E-state index in [1.807, 2.05) is 49.4 Å². The standard InChI is InChI=1S/C22H22N2O3/c1-4-24(18-11-10-16-8-6-7-9-17(16)14-18)21(25)20-13-12-19(15(3)23-20)22(26)27-5-2/h6-14H,4-5H2,1-3H3. The van der Waals surface area contributed by atoms with Crippen molar-refractivity contribution in [1.82, 2.24) is 4.98 Å². The first kappa shape index (κ1) is 18.6. The Bertz CT molecular complexity index is 998. The van der Waals surface area contributed by atoms with Crippen molar-refractivity contribution in [3.05, 3.63) is 71.5 Å². The van der Waals surface area contributed by atoms with Crippen molar-refractivity contribution < 1.29 is 14.3 Å². The van der Waals surface area contributed by atoms with Gasteiger partial charge in [-0.05, 0) is 55.8 Å². The minimum atomic E-state index is -0.427. The maximum atomic E-state index is 13.0. The normalized spacial score (nSPS) is 10.6. The molecule has 0 aliphatic heterocycles. The first-order valence-corrected chi connectivity index (χ1v) is 9.00. The topological polar surface area (TPSA) is 59.5 Å². The van der Waals surface area contributed by atoms with Crippen molar-refractivity contribution in [2.24, 2.45) is 0 Å². The van der Waals surface area contributed by atoms with Crippen LogP contribution in [-0.2, 0) is 4.74 Å². The van der Waals surface area contributed by atoms with Crippen molar-refractivity contribution in [2.45, 2.75) is 20.8 Å². The number of amides is 1. The number of ether oxygens (including phenoxy) is 1. The van der Waals surface area contributed by atoms with Crippen molar-refractivity contribution in [3.8, 4) is 0 Å². The second-order valence-electron chi connectivity index (χ2n) is 6.13. The van der Waals surface area contributed by atoms with E-state index in [1.165, 1.54) is 0 Å². The summed E-state index contributed by atoms with van der Waals surface area (Å²) in [4.78, 5) is 31.0. The van der Waals surface area contributed by atoms with Crippen LogP contribution in [0.15, 0.2) is 54.6 Å². The van der Waals surface area contributed by atoms with Crippen LogP contribution >= 0.6 is 0 Å². The van der Waals surface area contributed by atoms with Gasteiger partial charge in [0.15, 0.2) is 0 Å². The molecule has 1 aromatic heterocycles. The number of aryl methyl sites for hydroxylation is 1. The van der Waals surface area contributed by atoms with Gasteiger partial charge in [-0.25, -0.2) is 9.78 Å². The number of aromatic nitrogens is 1. The molecule has 2 aromatic carbocycles. The Kier molecular flexibility index (Phi) is 5.50. The first-order chi connectivity index (χ1) is 13.0. The number of hydrogen-bond acceptors (Lipinski definition) is 4. The number of nitrogens with zero attached hydrogens (tertiary/aromatic N) is 2. The van der Waals surface area contributed by atoms with E-state index in [2.05, 4.69) is 4.98 Å². The van der Waals surface area contributed by atoms with Gasteiger partial charge in [0.05, 0.1) is 17.9 Å². The minimum absolute atomic E-state index is 0.203. The van der Waals surface area contributed by atoms with Crippen LogP contribution in [0, 0.1) is 6.92 Å². The van der Waals surface area contributed by atoms with Crippen LogP contribution in [0.25, 0.3) is 10.8 Å². The molecule has 3 aromatic rings. The molecule has 3 rings (SSSR count). The lowest BCUT2D eigenvalue weighted by molar-refractivity contribution is 0.0524. The monoisotopic (exact) mass is 362 g/mol. The summed E-state index contributed by atoms with van der Waals surface area (Å²) in [6.45, 7) is 6.19. The SMILES string of the molecule is CCOC(=O)c1ccc(C(=O)N(CC)c2ccc3ccccc3c2)nc1C. The minimum Gasteiger partial charge on any atom is -0.462 e. The van der Waals surface area contributed by atoms with E-state index in [9.17, 15) is 9.59 Å². The Balaban J connectivity index is 1.92. The maximum absolute atomic E-state index is 13.0. The zero-order valence-corrected chi connectivity index (χ0v) is 15.7. The van der Waals surface area contributed by atoms with Crippen LogP contribution in [0.4, 0.5) is 5.69 Å². The van der Waals surface area contributed by atoms with Gasteiger partial charge < -0.3 is 9.64 Å². The Morgan fingerprint density at radius 3 is 2.41 bits per heavy atom. The summed E-state index contributed by atoms with van der Waals surface area (Å²) < 4.78 is 5.01. The maximum Gasteiger partial charge on any atom is 0.339 e. The third kappa shape index (κ3) is 3.82. The van der Waals surface area contributed by atoms with Crippen molar-refractivity contribution in [1.29, 1.82) is 0 Å². The van der Waals surface area contributed by atoms with Crippen LogP contribution in [0.5, 0.6) is 0 Å². The Morgan fingerprint density at radius 1 is 1.00 bits per heavy atom. The quantitative estimate of drug-likeness (QED) is 0.632. The second-order valence-corrected chi connectivity index (χ2v) is 6.13. The summed E-state index contributed by atoms with van der Waals surface area (Å²) in [6, 6.07) is 17.1. The molecule has 0 atom stereocenters. The van der Waals surface area contributed by atoms with E-state index in [0.717, 1.165) is 16.5 Å². The number of hydrogen-bond donors (Lipinski definition) is 0. The molecule has 0 radical (unpaired) electrons. The lowest BCUT2D eigenvalue weighted by Crippen LogP contribution is -2.31. The van der Waals surface area contributed by atoms with Crippen LogP contribution < -0.4 is 4.90 Å². The van der Waals surface area contributed by atoms with Gasteiger partial charge in [0.25, 0.3) is 5.91 Å². The lowest BCUT2D eigenvalue weighted by Gasteiger charge is -2.21. The molecule has 0 aliphatic rings. The fraction of sp³-hybridized carbons (Fsp3) is 0.227. The number of fused-ring (bicyclic) bond motifs is 1. The summed E-state index contributed by atoms with van der Waals surface area (Å²) in [6.07, 6.45) is 0. The van der Waals surface area contributed by atoms with E-state index in [4.69, 9.17) is 4.74 Å². The van der Waals surface area contributed by atoms with E-state index >= 15 is 0 Å². The molecule has 0 unspecified atom stereocenters. The van der Waals surface area contributed by atoms with Gasteiger partial charge in [0.2, 0.25) is 0 Å². The average molecular weight is 362 g/mol. The highest BCUT2D eigenvalue weighted by Crippen LogP contribution is 2.23. The molecule has 0 N–H and O–H groups in total. The molecular weight excluding hydrogens is 340 g/mol. The van der Waals surface area contributed by atoms with Gasteiger partial charge in [0.1, 0.15) is 5.69 Å². The summed E-state index contributed by atoms with van der Waals surface area (Å²) in [5, 5.41) is 2.19. The first-order valence-electron chi connectivity index (χ1n) is 9.00. The van der Waals surface area contributed by atoms with E-state index in [-0.39, 0.29) is 5.91 Å². The number of esters is 1. The predicted molar refractivity (Wildman–Crippen MR) is 106 cm³/mol. The highest BCUT2D eigenvalue weighted by molar-refractivity contribution is 6.06. The smallest absolute Gasteiger partial charge is 0.339 e. The molecule has 0 saturated heterocycles. The van der Waals surface area contributed by atoms with Crippen LogP contribution in [-0.4, -0.2) is 30.0 Å². The number of carbonyl (C=O) groups is 2. The predicted octanol–water partition coefficient (Wildman–Crippen LogP) is 4.39. The number of benzene rings is 2. The highest BCUT2D eigenvalue weighted by Gasteiger charge is 2.20. The fourth-order valence-electron chi connectivity index (χ4n) is 3.03. The highest BCUT2D eigenvalue weighted by atomic mass is 16.5. The van der Waals surface area contributed by atoms with Crippen LogP contribution in [0.2, 0.25) is 0 Å². The molecule has 138 valence electrons. The van der Waals surface area contributed by atoms with Gasteiger partial charge in [-0.1, -0.05) is 30.3 Å². The molecule has 0 aliphatic carbocycles. The van der Waals surface area contributed by atoms with E-state index in [0.29, 0.717) is 30.1 Å². The van der Waals surface area contributed by atoms with E-state index in [1.54, 1.807) is 30.9 Å². The molecule has 1 heterocycles. The van der Waals surface area contributed by atoms with Crippen LogP contribution in [0.1, 0.15) is 40.4 Å². The van der Waals surface area contributed by atoms with Crippen LogP contribution in [0.3, 0.4) is 0 Å². The number of anilines is 1. The zero-order valence-electron chi connectivity index (χ0n) is 15.7. The van der Waals surface area contributed by atoms with Crippen molar-refractivity contribution in [3.63, 3.8) is 0 Å². The largest absolute Gasteiger partial charge is 0.462 e.